The van der Waals surface area contributed by atoms with Gasteiger partial charge in [-0.25, -0.2) is 0 Å². The fourth-order valence-electron chi connectivity index (χ4n) is 1.23. The van der Waals surface area contributed by atoms with Crippen LogP contribution in [0.3, 0.4) is 0 Å². The van der Waals surface area contributed by atoms with Crippen LogP contribution < -0.4 is 5.32 Å². The third kappa shape index (κ3) is 3.39. The number of hydrogen-bond donors (Lipinski definition) is 1. The molecule has 1 aromatic carbocycles. The minimum absolute atomic E-state index is 0.110. The van der Waals surface area contributed by atoms with Gasteiger partial charge in [-0.3, -0.25) is 4.79 Å². The summed E-state index contributed by atoms with van der Waals surface area (Å²) in [6.45, 7) is 8.10. The minimum atomic E-state index is 0.110. The maximum absolute atomic E-state index is 11.1. The Balaban J connectivity index is 2.68. The van der Waals surface area contributed by atoms with Gasteiger partial charge in [0.1, 0.15) is 0 Å². The molecule has 0 saturated carbocycles. The number of carbonyl (C=O) groups excluding carboxylic acids is 1. The lowest BCUT2D eigenvalue weighted by atomic mass is 10.1. The minimum Gasteiger partial charge on any atom is -0.382 e. The highest BCUT2D eigenvalue weighted by atomic mass is 16.1. The van der Waals surface area contributed by atoms with Crippen molar-refractivity contribution in [1.82, 2.24) is 0 Å². The molecule has 0 bridgehead atoms. The van der Waals surface area contributed by atoms with Gasteiger partial charge in [0, 0.05) is 17.3 Å². The largest absolute Gasteiger partial charge is 0.382 e. The van der Waals surface area contributed by atoms with E-state index in [2.05, 4.69) is 26.1 Å². The molecule has 0 saturated heterocycles. The Labute approximate surface area is 91.7 Å². The second-order valence-corrected chi connectivity index (χ2v) is 4.31. The van der Waals surface area contributed by atoms with E-state index in [1.165, 1.54) is 0 Å². The fraction of sp³-hybridized carbons (Fsp3) is 0.462. The molecule has 15 heavy (non-hydrogen) atoms. The van der Waals surface area contributed by atoms with E-state index in [4.69, 9.17) is 0 Å². The van der Waals surface area contributed by atoms with Gasteiger partial charge >= 0.3 is 0 Å². The van der Waals surface area contributed by atoms with Gasteiger partial charge in [0.15, 0.2) is 5.78 Å². The summed E-state index contributed by atoms with van der Waals surface area (Å²) < 4.78 is 0. The molecule has 0 aliphatic carbocycles. The zero-order valence-electron chi connectivity index (χ0n) is 9.87. The van der Waals surface area contributed by atoms with Crippen molar-refractivity contribution in [2.24, 2.45) is 5.92 Å². The molecule has 1 rings (SSSR count). The SMILES string of the molecule is CC(=O)c1ccc(NC(C)C(C)C)cc1. The van der Waals surface area contributed by atoms with Gasteiger partial charge in [-0.1, -0.05) is 13.8 Å². The van der Waals surface area contributed by atoms with Crippen molar-refractivity contribution in [2.45, 2.75) is 33.7 Å². The summed E-state index contributed by atoms with van der Waals surface area (Å²) in [4.78, 5) is 11.1. The third-order valence-corrected chi connectivity index (χ3v) is 2.69. The molecule has 1 N–H and O–H groups in total. The van der Waals surface area contributed by atoms with Gasteiger partial charge in [-0.05, 0) is 44.0 Å². The molecular formula is C13H19NO. The molecule has 1 unspecified atom stereocenters. The molecule has 0 radical (unpaired) electrons. The number of carbonyl (C=O) groups is 1. The number of anilines is 1. The van der Waals surface area contributed by atoms with Crippen LogP contribution in [-0.2, 0) is 0 Å². The van der Waals surface area contributed by atoms with Crippen molar-refractivity contribution < 1.29 is 4.79 Å². The summed E-state index contributed by atoms with van der Waals surface area (Å²) in [5.74, 6) is 0.705. The van der Waals surface area contributed by atoms with Gasteiger partial charge in [-0.2, -0.15) is 0 Å². The normalized spacial score (nSPS) is 12.6. The van der Waals surface area contributed by atoms with Gasteiger partial charge in [0.2, 0.25) is 0 Å². The van der Waals surface area contributed by atoms with E-state index >= 15 is 0 Å². The Morgan fingerprint density at radius 2 is 1.67 bits per heavy atom. The average molecular weight is 205 g/mol. The van der Waals surface area contributed by atoms with E-state index in [1.54, 1.807) is 6.92 Å². The number of rotatable bonds is 4. The number of Topliss-reactive ketones (excluding diaryl/α,β-unsaturated/α-hetero) is 1. The lowest BCUT2D eigenvalue weighted by Gasteiger charge is -2.18. The molecule has 0 amide bonds. The van der Waals surface area contributed by atoms with Gasteiger partial charge < -0.3 is 5.32 Å². The van der Waals surface area contributed by atoms with Crippen LogP contribution >= 0.6 is 0 Å². The molecule has 2 nitrogen and oxygen atoms in total. The number of ketones is 1. The summed E-state index contributed by atoms with van der Waals surface area (Å²) in [6.07, 6.45) is 0. The Hall–Kier alpha value is -1.31. The van der Waals surface area contributed by atoms with E-state index in [0.717, 1.165) is 11.3 Å². The number of nitrogens with one attached hydrogen (secondary N) is 1. The van der Waals surface area contributed by atoms with E-state index in [0.29, 0.717) is 12.0 Å². The fourth-order valence-corrected chi connectivity index (χ4v) is 1.23. The third-order valence-electron chi connectivity index (χ3n) is 2.69. The van der Waals surface area contributed by atoms with Crippen molar-refractivity contribution in [3.8, 4) is 0 Å². The van der Waals surface area contributed by atoms with Crippen LogP contribution in [0.4, 0.5) is 5.69 Å². The predicted octanol–water partition coefficient (Wildman–Crippen LogP) is 3.35. The predicted molar refractivity (Wildman–Crippen MR) is 64.4 cm³/mol. The molecule has 0 aromatic heterocycles. The highest BCUT2D eigenvalue weighted by Gasteiger charge is 2.06. The zero-order valence-corrected chi connectivity index (χ0v) is 9.87. The molecular weight excluding hydrogens is 186 g/mol. The monoisotopic (exact) mass is 205 g/mol. The second-order valence-electron chi connectivity index (χ2n) is 4.31. The average Bonchev–Trinajstić information content (AvgIpc) is 2.18. The van der Waals surface area contributed by atoms with Crippen LogP contribution in [0.2, 0.25) is 0 Å². The molecule has 1 aromatic rings. The van der Waals surface area contributed by atoms with Gasteiger partial charge in [0.05, 0.1) is 0 Å². The van der Waals surface area contributed by atoms with E-state index in [9.17, 15) is 4.79 Å². The maximum Gasteiger partial charge on any atom is 0.159 e. The first-order valence-electron chi connectivity index (χ1n) is 5.38. The van der Waals surface area contributed by atoms with Crippen molar-refractivity contribution in [3.63, 3.8) is 0 Å². The van der Waals surface area contributed by atoms with E-state index in [1.807, 2.05) is 24.3 Å². The smallest absolute Gasteiger partial charge is 0.159 e. The molecule has 1 atom stereocenters. The highest BCUT2D eigenvalue weighted by Crippen LogP contribution is 2.13. The summed E-state index contributed by atoms with van der Waals surface area (Å²) in [7, 11) is 0. The zero-order chi connectivity index (χ0) is 11.4. The maximum atomic E-state index is 11.1. The first-order chi connectivity index (χ1) is 7.00. The van der Waals surface area contributed by atoms with Gasteiger partial charge in [-0.15, -0.1) is 0 Å². The van der Waals surface area contributed by atoms with Crippen LogP contribution in [0.1, 0.15) is 38.1 Å². The summed E-state index contributed by atoms with van der Waals surface area (Å²) in [5, 5.41) is 3.40. The van der Waals surface area contributed by atoms with Crippen molar-refractivity contribution >= 4 is 11.5 Å². The topological polar surface area (TPSA) is 29.1 Å². The molecule has 0 fully saturated rings. The van der Waals surface area contributed by atoms with Crippen molar-refractivity contribution in [3.05, 3.63) is 29.8 Å². The van der Waals surface area contributed by atoms with Crippen LogP contribution in [-0.4, -0.2) is 11.8 Å². The lowest BCUT2D eigenvalue weighted by Crippen LogP contribution is -2.21. The standard InChI is InChI=1S/C13H19NO/c1-9(2)10(3)14-13-7-5-12(6-8-13)11(4)15/h5-10,14H,1-4H3. The Kier molecular flexibility index (Phi) is 3.89. The quantitative estimate of drug-likeness (QED) is 0.764. The Bertz CT molecular complexity index is 327. The van der Waals surface area contributed by atoms with Crippen LogP contribution in [0.5, 0.6) is 0 Å². The number of benzene rings is 1. The van der Waals surface area contributed by atoms with Gasteiger partial charge in [0.25, 0.3) is 0 Å². The van der Waals surface area contributed by atoms with E-state index < -0.39 is 0 Å². The highest BCUT2D eigenvalue weighted by molar-refractivity contribution is 5.94. The molecule has 2 heteroatoms. The van der Waals surface area contributed by atoms with Crippen LogP contribution in [0.25, 0.3) is 0 Å². The molecule has 0 aliphatic heterocycles. The van der Waals surface area contributed by atoms with E-state index in [-0.39, 0.29) is 5.78 Å². The molecule has 0 spiro atoms. The second kappa shape index (κ2) is 4.96. The van der Waals surface area contributed by atoms with Crippen molar-refractivity contribution in [1.29, 1.82) is 0 Å². The first kappa shape index (κ1) is 11.8. The summed E-state index contributed by atoms with van der Waals surface area (Å²) >= 11 is 0. The Morgan fingerprint density at radius 3 is 2.07 bits per heavy atom. The Morgan fingerprint density at radius 1 is 1.13 bits per heavy atom. The molecule has 0 heterocycles. The van der Waals surface area contributed by atoms with Crippen LogP contribution in [0, 0.1) is 5.92 Å². The first-order valence-corrected chi connectivity index (χ1v) is 5.38. The summed E-state index contributed by atoms with van der Waals surface area (Å²) in [6, 6.07) is 8.06. The molecule has 0 aliphatic rings. The molecule has 82 valence electrons. The van der Waals surface area contributed by atoms with Crippen molar-refractivity contribution in [2.75, 3.05) is 5.32 Å². The van der Waals surface area contributed by atoms with Crippen LogP contribution in [0.15, 0.2) is 24.3 Å². The lowest BCUT2D eigenvalue weighted by molar-refractivity contribution is 0.101. The number of hydrogen-bond acceptors (Lipinski definition) is 2. The summed E-state index contributed by atoms with van der Waals surface area (Å²) in [5.41, 5.74) is 1.83.